The van der Waals surface area contributed by atoms with E-state index in [-0.39, 0.29) is 5.56 Å². The number of imidazole rings is 4. The van der Waals surface area contributed by atoms with Crippen LogP contribution in [0.4, 0.5) is 0 Å². The quantitative estimate of drug-likeness (QED) is 0.0672. The number of rotatable bonds is 18. The molecule has 0 radical (unpaired) electrons. The molecular weight excluding hydrogens is 1540 g/mol. The van der Waals surface area contributed by atoms with E-state index in [2.05, 4.69) is 56.4 Å². The summed E-state index contributed by atoms with van der Waals surface area (Å²) in [7, 11) is 1.73. The van der Waals surface area contributed by atoms with Crippen LogP contribution in [0.5, 0.6) is 0 Å². The third kappa shape index (κ3) is 13.7. The molecule has 34 nitrogen and oxygen atoms in total. The van der Waals surface area contributed by atoms with Gasteiger partial charge in [-0.1, -0.05) is 6.07 Å². The molecule has 4 aromatic carbocycles. The van der Waals surface area contributed by atoms with Crippen LogP contribution in [0.2, 0.25) is 0 Å². The molecule has 4 fully saturated rings. The summed E-state index contributed by atoms with van der Waals surface area (Å²) in [4.78, 5) is 96.4. The van der Waals surface area contributed by atoms with E-state index in [1.165, 1.54) is 48.3 Å². The number of fused-ring (bicyclic) bond motifs is 8. The highest BCUT2D eigenvalue weighted by molar-refractivity contribution is 6.04. The first kappa shape index (κ1) is 72.7. The molecule has 121 heavy (non-hydrogen) atoms. The number of aryl methyl sites for hydroxylation is 2. The number of oxazole rings is 3. The number of nitrogens with two attached hydrogens (primary N) is 3. The summed E-state index contributed by atoms with van der Waals surface area (Å²) in [5, 5.41) is 21.3. The van der Waals surface area contributed by atoms with Crippen molar-refractivity contribution in [3.63, 3.8) is 0 Å². The van der Waals surface area contributed by atoms with Crippen LogP contribution in [0.15, 0.2) is 221 Å². The largest absolute Gasteiger partial charge is 0.432 e. The van der Waals surface area contributed by atoms with E-state index in [9.17, 15) is 19.2 Å². The molecule has 0 bridgehead atoms. The van der Waals surface area contributed by atoms with Gasteiger partial charge in [0.15, 0.2) is 0 Å². The highest BCUT2D eigenvalue weighted by Crippen LogP contribution is 2.45. The first-order valence-corrected chi connectivity index (χ1v) is 39.5. The van der Waals surface area contributed by atoms with Gasteiger partial charge < -0.3 is 39.6 Å². The molecule has 0 saturated heterocycles. The van der Waals surface area contributed by atoms with Gasteiger partial charge in [-0.05, 0) is 160 Å². The lowest BCUT2D eigenvalue weighted by molar-refractivity contribution is -0.114. The number of carbonyl (C=O) groups is 3. The Morgan fingerprint density at radius 2 is 0.843 bits per heavy atom. The predicted molar refractivity (Wildman–Crippen MR) is 447 cm³/mol. The monoisotopic (exact) mass is 1610 g/mol. The summed E-state index contributed by atoms with van der Waals surface area (Å²) in [5.74, 6) is 0.854. The Kier molecular flexibility index (Phi) is 17.8. The van der Waals surface area contributed by atoms with Crippen molar-refractivity contribution in [2.75, 3.05) is 0 Å². The second-order valence-electron chi connectivity index (χ2n) is 30.2. The summed E-state index contributed by atoms with van der Waals surface area (Å²) >= 11 is 0. The zero-order valence-corrected chi connectivity index (χ0v) is 64.7. The summed E-state index contributed by atoms with van der Waals surface area (Å²) in [5.41, 5.74) is 35.1. The molecule has 15 aromatic heterocycles. The summed E-state index contributed by atoms with van der Waals surface area (Å²) in [6.07, 6.45) is 49.8. The molecule has 34 heteroatoms. The summed E-state index contributed by atoms with van der Waals surface area (Å²) < 4.78 is 34.2. The van der Waals surface area contributed by atoms with Crippen molar-refractivity contribution in [2.24, 2.45) is 24.2 Å². The lowest BCUT2D eigenvalue weighted by Crippen LogP contribution is -2.16. The fraction of sp³-hybridized carbons (Fsp3) is 0.184. The fourth-order valence-electron chi connectivity index (χ4n) is 15.7. The SMILES string of the molecule is Cn1cnc2ccc(-c3c(-c4ccn(C5CC5)n4)nc4n3CCC4)cc2c1=O.NC(=O)/C=C/c1c(-c2c(-c3ccn(C4CC4)n3)nc3occn23)ccc2nccnc12.NC(=O)/C=C/c1c(-c2c(-c3ccn(C4CC4)n3)nc3occn23)ccc2ncncc12.NC(=O)/C=C/c1c(-c2c(-c3ccn(C4CC4)n3)nc3occn23)ccc2ncncc12. The Morgan fingerprint density at radius 3 is 1.29 bits per heavy atom. The van der Waals surface area contributed by atoms with Crippen molar-refractivity contribution in [2.45, 2.75) is 94.9 Å². The van der Waals surface area contributed by atoms with Gasteiger partial charge in [0.1, 0.15) is 82.8 Å². The average molecular weight is 1610 g/mol. The number of carbonyl (C=O) groups excluding carboxylic acids is 3. The molecule has 3 amide bonds. The molecule has 0 spiro atoms. The van der Waals surface area contributed by atoms with Crippen LogP contribution >= 0.6 is 0 Å². The van der Waals surface area contributed by atoms with E-state index in [0.717, 1.165) is 176 Å². The number of primary amides is 3. The fourth-order valence-corrected chi connectivity index (χ4v) is 15.7. The van der Waals surface area contributed by atoms with Crippen molar-refractivity contribution >= 4 is 97.2 Å². The molecular formula is C87H71N27O7. The van der Waals surface area contributed by atoms with Crippen LogP contribution < -0.4 is 22.8 Å². The van der Waals surface area contributed by atoms with Gasteiger partial charge in [0.2, 0.25) is 17.7 Å². The van der Waals surface area contributed by atoms with Gasteiger partial charge in [0, 0.05) is 145 Å². The van der Waals surface area contributed by atoms with Gasteiger partial charge in [-0.25, -0.2) is 29.9 Å². The predicted octanol–water partition coefficient (Wildman–Crippen LogP) is 12.6. The summed E-state index contributed by atoms with van der Waals surface area (Å²) in [6, 6.07) is 27.4. The third-order valence-electron chi connectivity index (χ3n) is 22.0. The van der Waals surface area contributed by atoms with Crippen molar-refractivity contribution in [1.29, 1.82) is 0 Å². The first-order valence-electron chi connectivity index (χ1n) is 39.5. The first-order chi connectivity index (χ1) is 59.2. The topological polar surface area (TPSA) is 422 Å². The third-order valence-corrected chi connectivity index (χ3v) is 22.0. The van der Waals surface area contributed by atoms with Crippen molar-refractivity contribution in [3.05, 3.63) is 236 Å². The Morgan fingerprint density at radius 1 is 0.438 bits per heavy atom. The number of benzene rings is 4. The second kappa shape index (κ2) is 29.6. The van der Waals surface area contributed by atoms with Crippen LogP contribution in [0.1, 0.15) is 104 Å². The van der Waals surface area contributed by atoms with E-state index in [4.69, 9.17) is 70.8 Å². The van der Waals surface area contributed by atoms with E-state index < -0.39 is 17.7 Å². The Hall–Kier alpha value is -16.0. The van der Waals surface area contributed by atoms with Crippen molar-refractivity contribution < 1.29 is 27.6 Å². The van der Waals surface area contributed by atoms with E-state index in [1.807, 2.05) is 137 Å². The van der Waals surface area contributed by atoms with Crippen LogP contribution in [0.3, 0.4) is 0 Å². The number of aromatic nitrogens is 24. The average Bonchev–Trinajstić information content (AvgIpc) is 1.59. The minimum Gasteiger partial charge on any atom is -0.432 e. The number of nitrogens with zero attached hydrogens (tertiary/aromatic N) is 24. The zero-order chi connectivity index (χ0) is 81.7. The molecule has 0 atom stereocenters. The molecule has 596 valence electrons. The molecule has 19 aromatic rings. The maximum atomic E-state index is 12.6. The maximum absolute atomic E-state index is 12.6. The van der Waals surface area contributed by atoms with Crippen LogP contribution in [0.25, 0.3) is 170 Å². The zero-order valence-electron chi connectivity index (χ0n) is 64.7. The second-order valence-corrected chi connectivity index (χ2v) is 30.2. The molecule has 24 rings (SSSR count). The normalized spacial score (nSPS) is 14.6. The summed E-state index contributed by atoms with van der Waals surface area (Å²) in [6.45, 7) is 0.948. The van der Waals surface area contributed by atoms with Crippen molar-refractivity contribution in [1.82, 2.24) is 116 Å². The molecule has 5 aliphatic rings. The minimum absolute atomic E-state index is 0.0347. The van der Waals surface area contributed by atoms with Gasteiger partial charge in [-0.15, -0.1) is 0 Å². The molecule has 4 aliphatic carbocycles. The van der Waals surface area contributed by atoms with Crippen molar-refractivity contribution in [3.8, 4) is 90.6 Å². The van der Waals surface area contributed by atoms with Gasteiger partial charge in [-0.2, -0.15) is 35.3 Å². The number of hydrogen-bond acceptors (Lipinski definition) is 22. The Labute approximate surface area is 683 Å². The van der Waals surface area contributed by atoms with E-state index in [1.54, 1.807) is 75.2 Å². The number of amides is 3. The standard InChI is InChI=1S/3C22H17N7O2.C21H20N6O/c23-18(30)6-4-14-15(3-5-16-19(14)25-9-8-24-16)21-20(26-22-28(21)11-12-31-22)17-7-10-29(27-17)13-1-2-13;2*23-19(30)6-4-14-15(3-5-17-16(14)11-24-12-25-17)21-20(26-22-28(21)9-10-31-22)18-7-8-29(27-18)13-1-2-13;1-25-12-22-16-7-4-13(11-15(16)21(25)28)20-19(23-18-3-2-9-26(18)20)17-8-10-27(24-17)14-5-6-14/h3*3-13H,1-2H2,(H2,23,30);4,7-8,10-12,14H,2-3,5-6,9H2,1H3/b3*6-4+;. The highest BCUT2D eigenvalue weighted by Gasteiger charge is 2.33. The van der Waals surface area contributed by atoms with Gasteiger partial charge >= 0.3 is 17.5 Å². The highest BCUT2D eigenvalue weighted by atomic mass is 16.4. The van der Waals surface area contributed by atoms with Gasteiger partial charge in [-0.3, -0.25) is 61.1 Å². The number of hydrogen-bond donors (Lipinski definition) is 3. The molecule has 16 heterocycles. The van der Waals surface area contributed by atoms with Gasteiger partial charge in [0.05, 0.1) is 86.2 Å². The van der Waals surface area contributed by atoms with Crippen LogP contribution in [-0.4, -0.2) is 134 Å². The van der Waals surface area contributed by atoms with E-state index >= 15 is 0 Å². The van der Waals surface area contributed by atoms with Crippen LogP contribution in [0, 0.1) is 0 Å². The Balaban J connectivity index is 0.0000000997. The lowest BCUT2D eigenvalue weighted by Gasteiger charge is -2.10. The molecule has 0 unspecified atom stereocenters. The smallest absolute Gasteiger partial charge is 0.306 e. The minimum atomic E-state index is -0.544. The maximum Gasteiger partial charge on any atom is 0.306 e. The molecule has 1 aliphatic heterocycles. The Bertz CT molecular complexity index is 6970. The van der Waals surface area contributed by atoms with Crippen LogP contribution in [-0.2, 0) is 34.4 Å². The lowest BCUT2D eigenvalue weighted by atomic mass is 9.97. The molecule has 6 N–H and O–H groups in total. The van der Waals surface area contributed by atoms with Gasteiger partial charge in [0.25, 0.3) is 5.56 Å². The van der Waals surface area contributed by atoms with E-state index in [0.29, 0.717) is 80.7 Å². The molecule has 4 saturated carbocycles.